The van der Waals surface area contributed by atoms with Gasteiger partial charge in [-0.3, -0.25) is 14.1 Å². The summed E-state index contributed by atoms with van der Waals surface area (Å²) in [6.45, 7) is 3.13. The van der Waals surface area contributed by atoms with Crippen LogP contribution in [0.2, 0.25) is 10.0 Å². The number of hydrogen-bond donors (Lipinski definition) is 3. The minimum absolute atomic E-state index is 0.0453. The summed E-state index contributed by atoms with van der Waals surface area (Å²) in [4.78, 5) is 34.0. The summed E-state index contributed by atoms with van der Waals surface area (Å²) in [7, 11) is -4.53. The Bertz CT molecular complexity index is 970. The monoisotopic (exact) mass is 588 g/mol. The Balaban J connectivity index is 2.04. The molecule has 1 aromatic rings. The van der Waals surface area contributed by atoms with E-state index in [1.165, 1.54) is 0 Å². The van der Waals surface area contributed by atoms with Crippen LogP contribution >= 0.6 is 23.2 Å². The van der Waals surface area contributed by atoms with E-state index >= 15 is 0 Å². The summed E-state index contributed by atoms with van der Waals surface area (Å²) in [6.07, 6.45) is 0.419. The van der Waals surface area contributed by atoms with Crippen molar-refractivity contribution in [3.63, 3.8) is 0 Å². The molecule has 1 aromatic carbocycles. The standard InChI is InChI=1S/C21H30Cl2N2O11S/c1-2-18(26)24-3-5-32-7-9-34-13-19(27)25-4-6-33-8-10-35-14-20(28)36-21-16(22)11-15(12-17(21)23)37(29,30)31/h11-12H,2-10,13-14H2,1H3,(H,24,26)(H,25,27)(H,29,30,31). The van der Waals surface area contributed by atoms with E-state index < -0.39 is 27.6 Å². The van der Waals surface area contributed by atoms with Crippen molar-refractivity contribution in [2.24, 2.45) is 0 Å². The van der Waals surface area contributed by atoms with Crippen LogP contribution in [0.15, 0.2) is 17.0 Å². The van der Waals surface area contributed by atoms with Crippen LogP contribution in [0.25, 0.3) is 0 Å². The van der Waals surface area contributed by atoms with Gasteiger partial charge in [0.25, 0.3) is 10.1 Å². The van der Waals surface area contributed by atoms with Crippen molar-refractivity contribution in [3.8, 4) is 5.75 Å². The number of carbonyl (C=O) groups is 3. The van der Waals surface area contributed by atoms with E-state index in [2.05, 4.69) is 10.6 Å². The topological polar surface area (TPSA) is 176 Å². The van der Waals surface area contributed by atoms with Crippen LogP contribution in [0.5, 0.6) is 5.75 Å². The van der Waals surface area contributed by atoms with Crippen molar-refractivity contribution in [2.75, 3.05) is 65.9 Å². The summed E-state index contributed by atoms with van der Waals surface area (Å²) < 4.78 is 57.1. The number of ether oxygens (including phenoxy) is 5. The number of hydrogen-bond acceptors (Lipinski definition) is 10. The van der Waals surface area contributed by atoms with Gasteiger partial charge in [-0.15, -0.1) is 0 Å². The summed E-state index contributed by atoms with van der Waals surface area (Å²) in [5, 5.41) is 4.70. The molecule has 3 N–H and O–H groups in total. The second kappa shape index (κ2) is 18.3. The molecule has 0 radical (unpaired) electrons. The normalized spacial score (nSPS) is 11.2. The van der Waals surface area contributed by atoms with Gasteiger partial charge in [0, 0.05) is 19.5 Å². The lowest BCUT2D eigenvalue weighted by Crippen LogP contribution is -2.31. The predicted octanol–water partition coefficient (Wildman–Crippen LogP) is 0.854. The number of nitrogens with one attached hydrogen (secondary N) is 2. The number of esters is 1. The summed E-state index contributed by atoms with van der Waals surface area (Å²) in [6, 6.07) is 1.78. The first-order valence-electron chi connectivity index (χ1n) is 11.1. The predicted molar refractivity (Wildman–Crippen MR) is 131 cm³/mol. The second-order valence-electron chi connectivity index (χ2n) is 7.05. The average Bonchev–Trinajstić information content (AvgIpc) is 2.83. The lowest BCUT2D eigenvalue weighted by Gasteiger charge is -2.10. The second-order valence-corrected chi connectivity index (χ2v) is 9.28. The third kappa shape index (κ3) is 15.1. The molecule has 0 aliphatic carbocycles. The first-order chi connectivity index (χ1) is 17.5. The van der Waals surface area contributed by atoms with Crippen molar-refractivity contribution >= 4 is 51.1 Å². The number of benzene rings is 1. The van der Waals surface area contributed by atoms with E-state index in [1.54, 1.807) is 6.92 Å². The van der Waals surface area contributed by atoms with E-state index in [1.807, 2.05) is 0 Å². The van der Waals surface area contributed by atoms with E-state index in [0.717, 1.165) is 12.1 Å². The van der Waals surface area contributed by atoms with E-state index in [9.17, 15) is 22.8 Å². The summed E-state index contributed by atoms with van der Waals surface area (Å²) >= 11 is 11.7. The van der Waals surface area contributed by atoms with Crippen molar-refractivity contribution in [1.29, 1.82) is 0 Å². The molecule has 0 unspecified atom stereocenters. The molecule has 2 amide bonds. The number of carbonyl (C=O) groups excluding carboxylic acids is 3. The molecule has 0 heterocycles. The third-order valence-corrected chi connectivity index (χ3v) is 5.53. The molecule has 16 heteroatoms. The maximum Gasteiger partial charge on any atom is 0.337 e. The number of halogens is 2. The van der Waals surface area contributed by atoms with Gasteiger partial charge in [0.15, 0.2) is 5.75 Å². The zero-order valence-corrected chi connectivity index (χ0v) is 22.5. The maximum atomic E-state index is 11.9. The molecular formula is C21H30Cl2N2O11S. The molecule has 0 saturated carbocycles. The van der Waals surface area contributed by atoms with Crippen LogP contribution in [0.1, 0.15) is 13.3 Å². The summed E-state index contributed by atoms with van der Waals surface area (Å²) in [5.41, 5.74) is 0. The summed E-state index contributed by atoms with van der Waals surface area (Å²) in [5.74, 6) is -1.48. The highest BCUT2D eigenvalue weighted by atomic mass is 35.5. The smallest absolute Gasteiger partial charge is 0.337 e. The van der Waals surface area contributed by atoms with Crippen LogP contribution in [-0.2, 0) is 43.4 Å². The molecule has 0 aliphatic heterocycles. The van der Waals surface area contributed by atoms with Gasteiger partial charge in [0.05, 0.1) is 54.6 Å². The molecule has 0 fully saturated rings. The van der Waals surface area contributed by atoms with Crippen molar-refractivity contribution in [1.82, 2.24) is 10.6 Å². The van der Waals surface area contributed by atoms with Gasteiger partial charge in [-0.05, 0) is 12.1 Å². The zero-order chi connectivity index (χ0) is 27.7. The molecule has 0 spiro atoms. The quantitative estimate of drug-likeness (QED) is 0.0903. The van der Waals surface area contributed by atoms with Gasteiger partial charge in [-0.1, -0.05) is 30.1 Å². The fraction of sp³-hybridized carbons (Fsp3) is 0.571. The van der Waals surface area contributed by atoms with E-state index in [4.69, 9.17) is 51.4 Å². The largest absolute Gasteiger partial charge is 0.422 e. The first kappa shape index (κ1) is 33.0. The minimum atomic E-state index is -4.53. The lowest BCUT2D eigenvalue weighted by molar-refractivity contribution is -0.140. The van der Waals surface area contributed by atoms with Crippen molar-refractivity contribution in [2.45, 2.75) is 18.2 Å². The Hall–Kier alpha value is -2.04. The number of rotatable bonds is 19. The van der Waals surface area contributed by atoms with Gasteiger partial charge in [0.2, 0.25) is 11.8 Å². The fourth-order valence-corrected chi connectivity index (χ4v) is 3.61. The molecule has 0 bridgehead atoms. The molecule has 0 aromatic heterocycles. The first-order valence-corrected chi connectivity index (χ1v) is 13.3. The van der Waals surface area contributed by atoms with Gasteiger partial charge in [-0.2, -0.15) is 8.42 Å². The highest BCUT2D eigenvalue weighted by molar-refractivity contribution is 7.85. The Morgan fingerprint density at radius 2 is 1.30 bits per heavy atom. The Kier molecular flexibility index (Phi) is 16.3. The van der Waals surface area contributed by atoms with E-state index in [0.29, 0.717) is 26.2 Å². The van der Waals surface area contributed by atoms with Crippen LogP contribution in [0, 0.1) is 0 Å². The average molecular weight is 589 g/mol. The number of amides is 2. The van der Waals surface area contributed by atoms with Gasteiger partial charge in [0.1, 0.15) is 13.2 Å². The van der Waals surface area contributed by atoms with E-state index in [-0.39, 0.29) is 67.2 Å². The molecule has 0 saturated heterocycles. The molecule has 210 valence electrons. The van der Waals surface area contributed by atoms with Crippen LogP contribution in [0.4, 0.5) is 0 Å². The van der Waals surface area contributed by atoms with Crippen LogP contribution in [0.3, 0.4) is 0 Å². The Morgan fingerprint density at radius 1 is 0.811 bits per heavy atom. The zero-order valence-electron chi connectivity index (χ0n) is 20.1. The minimum Gasteiger partial charge on any atom is -0.422 e. The van der Waals surface area contributed by atoms with Gasteiger partial charge < -0.3 is 34.3 Å². The molecule has 0 aliphatic rings. The fourth-order valence-electron chi connectivity index (χ4n) is 2.39. The Labute approximate surface area is 224 Å². The van der Waals surface area contributed by atoms with Crippen molar-refractivity contribution in [3.05, 3.63) is 22.2 Å². The lowest BCUT2D eigenvalue weighted by atomic mass is 10.3. The molecule has 37 heavy (non-hydrogen) atoms. The SMILES string of the molecule is CCC(=O)NCCOCCOCC(=O)NCCOCCOCC(=O)Oc1c(Cl)cc(S(=O)(=O)O)cc1Cl. The molecule has 1 rings (SSSR count). The van der Waals surface area contributed by atoms with Crippen molar-refractivity contribution < 1.29 is 51.0 Å². The highest BCUT2D eigenvalue weighted by Crippen LogP contribution is 2.35. The van der Waals surface area contributed by atoms with Gasteiger partial charge in [-0.25, -0.2) is 4.79 Å². The third-order valence-electron chi connectivity index (χ3n) is 4.14. The Morgan fingerprint density at radius 3 is 1.81 bits per heavy atom. The molecular weight excluding hydrogens is 559 g/mol. The van der Waals surface area contributed by atoms with Crippen LogP contribution in [-0.4, -0.2) is 96.7 Å². The molecule has 13 nitrogen and oxygen atoms in total. The highest BCUT2D eigenvalue weighted by Gasteiger charge is 2.19. The van der Waals surface area contributed by atoms with Crippen LogP contribution < -0.4 is 15.4 Å². The van der Waals surface area contributed by atoms with Gasteiger partial charge >= 0.3 is 5.97 Å². The molecule has 0 atom stereocenters. The maximum absolute atomic E-state index is 11.9.